The third kappa shape index (κ3) is 5.03. The molecule has 0 fully saturated rings. The van der Waals surface area contributed by atoms with Crippen molar-refractivity contribution in [3.05, 3.63) is 82.1 Å². The standard InChI is InChI=1S/C20H18Cl2FN3O2/c1-26-10-9-24-20(26)19(13-2-4-14(23)5-3-13)25-18(27)8-11-28-15-6-7-16(21)17(22)12-15/h2-7,9-10,12,19H,8,11H2,1H3,(H,25,27). The molecule has 1 unspecified atom stereocenters. The predicted molar refractivity (Wildman–Crippen MR) is 106 cm³/mol. The zero-order valence-corrected chi connectivity index (χ0v) is 16.5. The van der Waals surface area contributed by atoms with Gasteiger partial charge < -0.3 is 14.6 Å². The first-order valence-electron chi connectivity index (χ1n) is 8.54. The summed E-state index contributed by atoms with van der Waals surface area (Å²) in [4.78, 5) is 16.8. The molecular formula is C20H18Cl2FN3O2. The molecule has 0 saturated carbocycles. The van der Waals surface area contributed by atoms with E-state index in [1.165, 1.54) is 12.1 Å². The number of nitrogens with zero attached hydrogens (tertiary/aromatic N) is 2. The van der Waals surface area contributed by atoms with E-state index < -0.39 is 6.04 Å². The molecule has 0 spiro atoms. The van der Waals surface area contributed by atoms with Gasteiger partial charge >= 0.3 is 0 Å². The lowest BCUT2D eigenvalue weighted by atomic mass is 10.1. The summed E-state index contributed by atoms with van der Waals surface area (Å²) in [7, 11) is 1.83. The molecule has 0 saturated heterocycles. The average molecular weight is 422 g/mol. The van der Waals surface area contributed by atoms with Crippen molar-refractivity contribution in [3.8, 4) is 5.75 Å². The Hall–Kier alpha value is -2.57. The Balaban J connectivity index is 1.65. The van der Waals surface area contributed by atoms with Crippen LogP contribution >= 0.6 is 23.2 Å². The number of halogens is 3. The summed E-state index contributed by atoms with van der Waals surface area (Å²) in [6, 6.07) is 10.4. The molecule has 5 nitrogen and oxygen atoms in total. The van der Waals surface area contributed by atoms with Crippen LogP contribution in [-0.2, 0) is 11.8 Å². The topological polar surface area (TPSA) is 56.2 Å². The molecule has 8 heteroatoms. The Bertz CT molecular complexity index is 960. The number of nitrogens with one attached hydrogen (secondary N) is 1. The molecule has 0 aliphatic heterocycles. The number of hydrogen-bond acceptors (Lipinski definition) is 3. The molecule has 3 aromatic rings. The monoisotopic (exact) mass is 421 g/mol. The minimum atomic E-state index is -0.502. The van der Waals surface area contributed by atoms with E-state index in [0.29, 0.717) is 21.6 Å². The van der Waals surface area contributed by atoms with Crippen LogP contribution in [0.3, 0.4) is 0 Å². The van der Waals surface area contributed by atoms with Crippen molar-refractivity contribution in [2.75, 3.05) is 6.61 Å². The number of imidazole rings is 1. The second kappa shape index (κ2) is 9.08. The maximum Gasteiger partial charge on any atom is 0.224 e. The minimum Gasteiger partial charge on any atom is -0.493 e. The average Bonchev–Trinajstić information content (AvgIpc) is 3.09. The van der Waals surface area contributed by atoms with Crippen LogP contribution in [0.1, 0.15) is 23.9 Å². The van der Waals surface area contributed by atoms with E-state index in [1.54, 1.807) is 47.3 Å². The number of hydrogen-bond donors (Lipinski definition) is 1. The Morgan fingerprint density at radius 2 is 1.96 bits per heavy atom. The van der Waals surface area contributed by atoms with Crippen LogP contribution in [0.5, 0.6) is 5.75 Å². The number of aromatic nitrogens is 2. The van der Waals surface area contributed by atoms with E-state index in [0.717, 1.165) is 5.56 Å². The molecule has 1 N–H and O–H groups in total. The summed E-state index contributed by atoms with van der Waals surface area (Å²) < 4.78 is 20.6. The van der Waals surface area contributed by atoms with Gasteiger partial charge in [0.15, 0.2) is 0 Å². The van der Waals surface area contributed by atoms with Gasteiger partial charge in [0.05, 0.1) is 23.1 Å². The molecule has 0 bridgehead atoms. The molecule has 3 rings (SSSR count). The van der Waals surface area contributed by atoms with E-state index in [2.05, 4.69) is 10.3 Å². The first kappa shape index (κ1) is 20.2. The van der Waals surface area contributed by atoms with Crippen molar-refractivity contribution in [3.63, 3.8) is 0 Å². The van der Waals surface area contributed by atoms with Gasteiger partial charge in [-0.05, 0) is 29.8 Å². The van der Waals surface area contributed by atoms with E-state index in [-0.39, 0.29) is 24.8 Å². The third-order valence-electron chi connectivity index (χ3n) is 4.11. The van der Waals surface area contributed by atoms with Crippen LogP contribution in [0, 0.1) is 5.82 Å². The molecule has 1 heterocycles. The number of carbonyl (C=O) groups is 1. The highest BCUT2D eigenvalue weighted by Crippen LogP contribution is 2.26. The molecule has 0 aliphatic carbocycles. The van der Waals surface area contributed by atoms with Crippen LogP contribution in [-0.4, -0.2) is 22.1 Å². The Kier molecular flexibility index (Phi) is 6.54. The van der Waals surface area contributed by atoms with Gasteiger partial charge in [0, 0.05) is 25.5 Å². The molecule has 1 amide bonds. The molecule has 2 aromatic carbocycles. The van der Waals surface area contributed by atoms with Crippen LogP contribution in [0.2, 0.25) is 10.0 Å². The van der Waals surface area contributed by atoms with Gasteiger partial charge in [-0.2, -0.15) is 0 Å². The Morgan fingerprint density at radius 3 is 2.61 bits per heavy atom. The van der Waals surface area contributed by atoms with Gasteiger partial charge in [-0.1, -0.05) is 35.3 Å². The second-order valence-corrected chi connectivity index (χ2v) is 6.94. The van der Waals surface area contributed by atoms with Gasteiger partial charge in [-0.3, -0.25) is 4.79 Å². The lowest BCUT2D eigenvalue weighted by Crippen LogP contribution is -2.32. The van der Waals surface area contributed by atoms with Crippen molar-refractivity contribution in [1.29, 1.82) is 0 Å². The van der Waals surface area contributed by atoms with Gasteiger partial charge in [-0.15, -0.1) is 0 Å². The Morgan fingerprint density at radius 1 is 1.21 bits per heavy atom. The number of amides is 1. The van der Waals surface area contributed by atoms with Gasteiger partial charge in [0.2, 0.25) is 5.91 Å². The number of aryl methyl sites for hydroxylation is 1. The maximum absolute atomic E-state index is 13.3. The summed E-state index contributed by atoms with van der Waals surface area (Å²) in [5, 5.41) is 3.75. The summed E-state index contributed by atoms with van der Waals surface area (Å²) in [6.45, 7) is 0.167. The van der Waals surface area contributed by atoms with Crippen LogP contribution in [0.25, 0.3) is 0 Å². The first-order valence-corrected chi connectivity index (χ1v) is 9.29. The highest BCUT2D eigenvalue weighted by Gasteiger charge is 2.20. The highest BCUT2D eigenvalue weighted by molar-refractivity contribution is 6.42. The first-order chi connectivity index (χ1) is 13.4. The predicted octanol–water partition coefficient (Wildman–Crippen LogP) is 4.54. The molecule has 28 heavy (non-hydrogen) atoms. The van der Waals surface area contributed by atoms with Gasteiger partial charge in [-0.25, -0.2) is 9.37 Å². The van der Waals surface area contributed by atoms with Crippen molar-refractivity contribution < 1.29 is 13.9 Å². The van der Waals surface area contributed by atoms with Crippen molar-refractivity contribution in [1.82, 2.24) is 14.9 Å². The summed E-state index contributed by atoms with van der Waals surface area (Å²) in [6.07, 6.45) is 3.55. The van der Waals surface area contributed by atoms with E-state index in [1.807, 2.05) is 7.05 Å². The zero-order chi connectivity index (χ0) is 20.1. The van der Waals surface area contributed by atoms with Gasteiger partial charge in [0.25, 0.3) is 0 Å². The highest BCUT2D eigenvalue weighted by atomic mass is 35.5. The lowest BCUT2D eigenvalue weighted by molar-refractivity contribution is -0.122. The van der Waals surface area contributed by atoms with Gasteiger partial charge in [0.1, 0.15) is 23.4 Å². The zero-order valence-electron chi connectivity index (χ0n) is 15.0. The molecule has 146 valence electrons. The van der Waals surface area contributed by atoms with Crippen LogP contribution in [0.15, 0.2) is 54.9 Å². The quantitative estimate of drug-likeness (QED) is 0.608. The lowest BCUT2D eigenvalue weighted by Gasteiger charge is -2.19. The smallest absolute Gasteiger partial charge is 0.224 e. The molecule has 1 aromatic heterocycles. The third-order valence-corrected chi connectivity index (χ3v) is 4.85. The maximum atomic E-state index is 13.3. The Labute approximate surface area is 172 Å². The van der Waals surface area contributed by atoms with Crippen LogP contribution in [0.4, 0.5) is 4.39 Å². The second-order valence-electron chi connectivity index (χ2n) is 6.12. The van der Waals surface area contributed by atoms with Crippen molar-refractivity contribution in [2.24, 2.45) is 7.05 Å². The molecule has 1 atom stereocenters. The van der Waals surface area contributed by atoms with Crippen LogP contribution < -0.4 is 10.1 Å². The number of benzene rings is 2. The van der Waals surface area contributed by atoms with E-state index in [4.69, 9.17) is 27.9 Å². The molecule has 0 radical (unpaired) electrons. The SMILES string of the molecule is Cn1ccnc1C(NC(=O)CCOc1ccc(Cl)c(Cl)c1)c1ccc(F)cc1. The van der Waals surface area contributed by atoms with Crippen molar-refractivity contribution >= 4 is 29.1 Å². The summed E-state index contributed by atoms with van der Waals surface area (Å²) >= 11 is 11.8. The largest absolute Gasteiger partial charge is 0.493 e. The fourth-order valence-electron chi connectivity index (χ4n) is 2.67. The minimum absolute atomic E-state index is 0.127. The van der Waals surface area contributed by atoms with Crippen molar-refractivity contribution in [2.45, 2.75) is 12.5 Å². The molecule has 0 aliphatic rings. The number of carbonyl (C=O) groups excluding carboxylic acids is 1. The fraction of sp³-hybridized carbons (Fsp3) is 0.200. The number of rotatable bonds is 7. The fourth-order valence-corrected chi connectivity index (χ4v) is 2.96. The normalized spacial score (nSPS) is 11.9. The van der Waals surface area contributed by atoms with E-state index in [9.17, 15) is 9.18 Å². The molecular weight excluding hydrogens is 404 g/mol. The summed E-state index contributed by atoms with van der Waals surface area (Å²) in [5.41, 5.74) is 0.731. The number of ether oxygens (including phenoxy) is 1. The van der Waals surface area contributed by atoms with E-state index >= 15 is 0 Å². The summed E-state index contributed by atoms with van der Waals surface area (Å²) in [5.74, 6) is 0.604.